The lowest BCUT2D eigenvalue weighted by Crippen LogP contribution is -2.35. The molecule has 0 aromatic carbocycles. The molecule has 0 aromatic rings. The first kappa shape index (κ1) is 14.5. The second kappa shape index (κ2) is 7.63. The molecule has 0 spiro atoms. The zero-order valence-corrected chi connectivity index (χ0v) is 12.2. The highest BCUT2D eigenvalue weighted by molar-refractivity contribution is 5.82. The summed E-state index contributed by atoms with van der Waals surface area (Å²) >= 11 is 0. The maximum absolute atomic E-state index is 11.5. The molecule has 2 aliphatic rings. The van der Waals surface area contributed by atoms with Gasteiger partial charge in [-0.2, -0.15) is 0 Å². The summed E-state index contributed by atoms with van der Waals surface area (Å²) in [6, 6.07) is 0. The Morgan fingerprint density at radius 1 is 1.26 bits per heavy atom. The van der Waals surface area contributed by atoms with E-state index in [-0.39, 0.29) is 0 Å². The number of rotatable bonds is 2. The number of likely N-dealkylation sites (tertiary alicyclic amines) is 1. The summed E-state index contributed by atoms with van der Waals surface area (Å²) in [6.07, 6.45) is 8.00. The molecule has 0 bridgehead atoms. The molecule has 4 nitrogen and oxygen atoms in total. The number of carbonyl (C=O) groups excluding carboxylic acids is 1. The van der Waals surface area contributed by atoms with Gasteiger partial charge in [-0.25, -0.2) is 0 Å². The molecule has 2 rings (SSSR count). The van der Waals surface area contributed by atoms with Gasteiger partial charge in [0.1, 0.15) is 5.78 Å². The Morgan fingerprint density at radius 2 is 2.11 bits per heavy atom. The molecular weight excluding hydrogens is 238 g/mol. The fourth-order valence-electron chi connectivity index (χ4n) is 2.97. The van der Waals surface area contributed by atoms with Crippen molar-refractivity contribution in [2.45, 2.75) is 44.9 Å². The Labute approximate surface area is 116 Å². The summed E-state index contributed by atoms with van der Waals surface area (Å²) in [5, 5.41) is 3.53. The molecule has 19 heavy (non-hydrogen) atoms. The van der Waals surface area contributed by atoms with Crippen molar-refractivity contribution in [1.29, 1.82) is 0 Å². The van der Waals surface area contributed by atoms with Crippen LogP contribution in [0.3, 0.4) is 0 Å². The zero-order valence-electron chi connectivity index (χ0n) is 12.2. The van der Waals surface area contributed by atoms with Crippen LogP contribution in [0.4, 0.5) is 0 Å². The summed E-state index contributed by atoms with van der Waals surface area (Å²) < 4.78 is 0. The molecule has 0 aliphatic carbocycles. The predicted octanol–water partition coefficient (Wildman–Crippen LogP) is 1.85. The van der Waals surface area contributed by atoms with Gasteiger partial charge in [-0.3, -0.25) is 14.7 Å². The molecular formula is C15H27N3O. The zero-order chi connectivity index (χ0) is 13.5. The minimum absolute atomic E-state index is 0.383. The highest BCUT2D eigenvalue weighted by atomic mass is 16.1. The largest absolute Gasteiger partial charge is 0.374 e. The summed E-state index contributed by atoms with van der Waals surface area (Å²) in [5.74, 6) is 2.15. The molecule has 0 radical (unpaired) electrons. The number of Topliss-reactive ketones (excluding diaryl/α,β-unsaturated/α-hetero) is 1. The van der Waals surface area contributed by atoms with E-state index in [1.54, 1.807) is 0 Å². The van der Waals surface area contributed by atoms with Crippen molar-refractivity contribution >= 4 is 11.6 Å². The molecule has 2 aliphatic heterocycles. The van der Waals surface area contributed by atoms with Gasteiger partial charge < -0.3 is 5.32 Å². The van der Waals surface area contributed by atoms with Gasteiger partial charge in [0.05, 0.1) is 12.4 Å². The number of aliphatic imine (C=N–C) groups is 1. The number of carbonyl (C=O) groups is 1. The second-order valence-corrected chi connectivity index (χ2v) is 6.01. The van der Waals surface area contributed by atoms with Crippen LogP contribution in [0.25, 0.3) is 0 Å². The Bertz CT molecular complexity index is 327. The maximum Gasteiger partial charge on any atom is 0.146 e. The van der Waals surface area contributed by atoms with Crippen LogP contribution in [0, 0.1) is 5.92 Å². The van der Waals surface area contributed by atoms with Crippen molar-refractivity contribution < 1.29 is 4.79 Å². The van der Waals surface area contributed by atoms with Crippen molar-refractivity contribution in [3.63, 3.8) is 0 Å². The van der Waals surface area contributed by atoms with Gasteiger partial charge in [0, 0.05) is 32.5 Å². The number of amidine groups is 1. The normalized spacial score (nSPS) is 29.8. The van der Waals surface area contributed by atoms with E-state index in [9.17, 15) is 4.79 Å². The topological polar surface area (TPSA) is 44.7 Å². The van der Waals surface area contributed by atoms with Crippen LogP contribution in [-0.2, 0) is 4.79 Å². The van der Waals surface area contributed by atoms with Crippen LogP contribution in [0.5, 0.6) is 0 Å². The van der Waals surface area contributed by atoms with Gasteiger partial charge in [0.25, 0.3) is 0 Å². The summed E-state index contributed by atoms with van der Waals surface area (Å²) in [4.78, 5) is 18.3. The fourth-order valence-corrected chi connectivity index (χ4v) is 2.97. The molecule has 108 valence electrons. The third kappa shape index (κ3) is 5.31. The van der Waals surface area contributed by atoms with Crippen molar-refractivity contribution in [2.75, 3.05) is 33.2 Å². The second-order valence-electron chi connectivity index (χ2n) is 6.01. The van der Waals surface area contributed by atoms with E-state index in [0.717, 1.165) is 38.9 Å². The quantitative estimate of drug-likeness (QED) is 0.829. The Balaban J connectivity index is 1.78. The average Bonchev–Trinajstić information content (AvgIpc) is 2.49. The Kier molecular flexibility index (Phi) is 5.83. The van der Waals surface area contributed by atoms with Crippen LogP contribution in [0.15, 0.2) is 4.99 Å². The van der Waals surface area contributed by atoms with Gasteiger partial charge in [0.15, 0.2) is 0 Å². The monoisotopic (exact) mass is 265 g/mol. The van der Waals surface area contributed by atoms with Crippen LogP contribution in [0.1, 0.15) is 44.9 Å². The minimum atomic E-state index is 0.383. The third-order valence-corrected chi connectivity index (χ3v) is 4.07. The molecule has 1 fully saturated rings. The first-order valence-corrected chi connectivity index (χ1v) is 7.71. The minimum Gasteiger partial charge on any atom is -0.374 e. The first-order valence-electron chi connectivity index (χ1n) is 7.71. The molecule has 0 amide bonds. The van der Waals surface area contributed by atoms with E-state index in [4.69, 9.17) is 0 Å². The van der Waals surface area contributed by atoms with Crippen LogP contribution >= 0.6 is 0 Å². The van der Waals surface area contributed by atoms with E-state index in [1.807, 2.05) is 7.05 Å². The van der Waals surface area contributed by atoms with Crippen LogP contribution in [0.2, 0.25) is 0 Å². The van der Waals surface area contributed by atoms with Gasteiger partial charge in [0.2, 0.25) is 0 Å². The highest BCUT2D eigenvalue weighted by Gasteiger charge is 2.20. The third-order valence-electron chi connectivity index (χ3n) is 4.07. The van der Waals surface area contributed by atoms with E-state index in [0.29, 0.717) is 18.2 Å². The Hall–Kier alpha value is -0.900. The number of ketones is 1. The van der Waals surface area contributed by atoms with Crippen molar-refractivity contribution in [3.05, 3.63) is 0 Å². The van der Waals surface area contributed by atoms with E-state index in [1.165, 1.54) is 31.5 Å². The number of nitrogens with zero attached hydrogens (tertiary/aromatic N) is 2. The molecule has 1 N–H and O–H groups in total. The van der Waals surface area contributed by atoms with Gasteiger partial charge in [-0.05, 0) is 32.2 Å². The highest BCUT2D eigenvalue weighted by Crippen LogP contribution is 2.13. The fraction of sp³-hybridized carbons (Fsp3) is 0.867. The van der Waals surface area contributed by atoms with Crippen LogP contribution < -0.4 is 5.32 Å². The predicted molar refractivity (Wildman–Crippen MR) is 78.6 cm³/mol. The average molecular weight is 265 g/mol. The molecule has 0 aromatic heterocycles. The van der Waals surface area contributed by atoms with Crippen molar-refractivity contribution in [1.82, 2.24) is 10.2 Å². The lowest BCUT2D eigenvalue weighted by molar-refractivity contribution is -0.119. The van der Waals surface area contributed by atoms with E-state index >= 15 is 0 Å². The lowest BCUT2D eigenvalue weighted by Gasteiger charge is -2.21. The number of nitrogens with one attached hydrogen (secondary N) is 1. The maximum atomic E-state index is 11.5. The van der Waals surface area contributed by atoms with Crippen molar-refractivity contribution in [3.8, 4) is 0 Å². The number of hydrogen-bond acceptors (Lipinski definition) is 4. The van der Waals surface area contributed by atoms with Crippen molar-refractivity contribution in [2.24, 2.45) is 10.9 Å². The van der Waals surface area contributed by atoms with Gasteiger partial charge >= 0.3 is 0 Å². The van der Waals surface area contributed by atoms with E-state index < -0.39 is 0 Å². The van der Waals surface area contributed by atoms with Crippen LogP contribution in [-0.4, -0.2) is 49.7 Å². The smallest absolute Gasteiger partial charge is 0.146 e. The first-order chi connectivity index (χ1) is 9.24. The molecule has 4 heteroatoms. The molecule has 2 heterocycles. The Morgan fingerprint density at radius 3 is 3.00 bits per heavy atom. The lowest BCUT2D eigenvalue weighted by atomic mass is 10.0. The molecule has 1 unspecified atom stereocenters. The standard InChI is InChI=1S/C15H27N3O/c1-18-11-13(7-8-14(19)12-18)10-17-15-6-4-2-3-5-9-16-15/h13H,2-12H2,1H3,(H,16,17). The SMILES string of the molecule is CN1CC(=O)CCC(CN/C2=N/CCCCCC2)C1. The summed E-state index contributed by atoms with van der Waals surface area (Å²) in [5.41, 5.74) is 0. The molecule has 1 atom stereocenters. The van der Waals surface area contributed by atoms with E-state index in [2.05, 4.69) is 15.2 Å². The number of hydrogen-bond donors (Lipinski definition) is 1. The summed E-state index contributed by atoms with van der Waals surface area (Å²) in [7, 11) is 2.05. The summed E-state index contributed by atoms with van der Waals surface area (Å²) in [6.45, 7) is 3.59. The molecule has 0 saturated carbocycles. The van der Waals surface area contributed by atoms with Gasteiger partial charge in [-0.15, -0.1) is 0 Å². The number of likely N-dealkylation sites (N-methyl/N-ethyl adjacent to an activating group) is 1. The van der Waals surface area contributed by atoms with Gasteiger partial charge in [-0.1, -0.05) is 12.8 Å². The molecule has 1 saturated heterocycles.